The number of rotatable bonds is 10. The number of amides is 3. The van der Waals surface area contributed by atoms with Crippen molar-refractivity contribution in [1.29, 1.82) is 0 Å². The fraction of sp³-hybridized carbons (Fsp3) is 0.429. The molecule has 2 N–H and O–H groups in total. The maximum absolute atomic E-state index is 13.5. The van der Waals surface area contributed by atoms with Gasteiger partial charge in [-0.15, -0.1) is 0 Å². The molecule has 0 saturated carbocycles. The van der Waals surface area contributed by atoms with Crippen LogP contribution in [0.3, 0.4) is 0 Å². The summed E-state index contributed by atoms with van der Waals surface area (Å²) in [6.07, 6.45) is 0.936. The van der Waals surface area contributed by atoms with E-state index in [0.717, 1.165) is 11.1 Å². The summed E-state index contributed by atoms with van der Waals surface area (Å²) in [5, 5.41) is 5.50. The monoisotopic (exact) mass is 509 g/mol. The van der Waals surface area contributed by atoms with Crippen LogP contribution in [-0.4, -0.2) is 60.1 Å². The molecule has 0 aromatic heterocycles. The number of nitrogens with zero attached hydrogens (tertiary/aromatic N) is 1. The fourth-order valence-corrected chi connectivity index (χ4v) is 4.33. The number of esters is 1. The highest BCUT2D eigenvalue weighted by Gasteiger charge is 2.44. The molecule has 9 heteroatoms. The van der Waals surface area contributed by atoms with Gasteiger partial charge in [-0.2, -0.15) is 0 Å². The van der Waals surface area contributed by atoms with Crippen LogP contribution in [-0.2, 0) is 36.9 Å². The van der Waals surface area contributed by atoms with E-state index < -0.39 is 35.6 Å². The molecule has 0 bridgehead atoms. The molecule has 9 nitrogen and oxygen atoms in total. The summed E-state index contributed by atoms with van der Waals surface area (Å²) < 4.78 is 10.2. The molecule has 1 heterocycles. The summed E-state index contributed by atoms with van der Waals surface area (Å²) in [5.74, 6) is -1.35. The molecule has 3 amide bonds. The number of carbonyl (C=O) groups excluding carboxylic acids is 4. The SMILES string of the molecule is CC[C@](C)(NC(=O)[C@H](Cc1ccccc1)NC(=O)OCc1ccccc1)C(=O)N1CCC[C@H]1C(=O)OC. The van der Waals surface area contributed by atoms with Crippen LogP contribution in [0.4, 0.5) is 4.79 Å². The topological polar surface area (TPSA) is 114 Å². The molecular formula is C28H35N3O6. The highest BCUT2D eigenvalue weighted by atomic mass is 16.5. The van der Waals surface area contributed by atoms with Crippen LogP contribution in [0.5, 0.6) is 0 Å². The molecule has 2 aromatic carbocycles. The summed E-state index contributed by atoms with van der Waals surface area (Å²) in [4.78, 5) is 53.3. The maximum atomic E-state index is 13.5. The maximum Gasteiger partial charge on any atom is 0.408 e. The van der Waals surface area contributed by atoms with E-state index in [4.69, 9.17) is 9.47 Å². The number of carbonyl (C=O) groups is 4. The predicted octanol–water partition coefficient (Wildman–Crippen LogP) is 2.97. The second kappa shape index (κ2) is 12.9. The Morgan fingerprint density at radius 2 is 1.65 bits per heavy atom. The van der Waals surface area contributed by atoms with Gasteiger partial charge in [-0.3, -0.25) is 9.59 Å². The largest absolute Gasteiger partial charge is 0.467 e. The Hall–Kier alpha value is -3.88. The Morgan fingerprint density at radius 3 is 2.24 bits per heavy atom. The number of hydrogen-bond acceptors (Lipinski definition) is 6. The molecule has 2 aromatic rings. The third-order valence-electron chi connectivity index (χ3n) is 6.67. The molecule has 3 rings (SSSR count). The number of hydrogen-bond donors (Lipinski definition) is 2. The zero-order chi connectivity index (χ0) is 26.8. The van der Waals surface area contributed by atoms with Gasteiger partial charge in [0.1, 0.15) is 24.2 Å². The summed E-state index contributed by atoms with van der Waals surface area (Å²) in [6.45, 7) is 3.88. The standard InChI is InChI=1S/C28H35N3O6/c1-4-28(2,26(34)31-17-11-16-23(31)25(33)36-3)30-24(32)22(18-20-12-7-5-8-13-20)29-27(35)37-19-21-14-9-6-10-15-21/h5-10,12-15,22-23H,4,11,16-19H2,1-3H3,(H,29,35)(H,30,32)/t22-,23-,28-/m0/s1. The van der Waals surface area contributed by atoms with Crippen molar-refractivity contribution in [1.82, 2.24) is 15.5 Å². The average Bonchev–Trinajstić information content (AvgIpc) is 3.41. The highest BCUT2D eigenvalue weighted by molar-refractivity contribution is 5.96. The zero-order valence-corrected chi connectivity index (χ0v) is 21.6. The van der Waals surface area contributed by atoms with Crippen LogP contribution in [0.1, 0.15) is 44.2 Å². The molecule has 198 valence electrons. The van der Waals surface area contributed by atoms with E-state index in [2.05, 4.69) is 10.6 Å². The van der Waals surface area contributed by atoms with Crippen LogP contribution < -0.4 is 10.6 Å². The summed E-state index contributed by atoms with van der Waals surface area (Å²) >= 11 is 0. The van der Waals surface area contributed by atoms with E-state index in [9.17, 15) is 19.2 Å². The van der Waals surface area contributed by atoms with Gasteiger partial charge in [0, 0.05) is 13.0 Å². The summed E-state index contributed by atoms with van der Waals surface area (Å²) in [6, 6.07) is 16.8. The second-order valence-corrected chi connectivity index (χ2v) is 9.30. The number of ether oxygens (including phenoxy) is 2. The number of benzene rings is 2. The Balaban J connectivity index is 1.74. The first-order valence-electron chi connectivity index (χ1n) is 12.5. The molecule has 0 radical (unpaired) electrons. The third kappa shape index (κ3) is 7.31. The Labute approximate surface area is 217 Å². The lowest BCUT2D eigenvalue weighted by molar-refractivity contribution is -0.153. The van der Waals surface area contributed by atoms with E-state index in [1.165, 1.54) is 12.0 Å². The van der Waals surface area contributed by atoms with Crippen LogP contribution in [0.25, 0.3) is 0 Å². The van der Waals surface area contributed by atoms with E-state index in [1.54, 1.807) is 13.8 Å². The molecule has 1 saturated heterocycles. The minimum Gasteiger partial charge on any atom is -0.467 e. The summed E-state index contributed by atoms with van der Waals surface area (Å²) in [7, 11) is 1.29. The van der Waals surface area contributed by atoms with E-state index in [-0.39, 0.29) is 18.9 Å². The minimum atomic E-state index is -1.28. The van der Waals surface area contributed by atoms with Gasteiger partial charge < -0.3 is 25.0 Å². The first kappa shape index (κ1) is 27.7. The Morgan fingerprint density at radius 1 is 1.03 bits per heavy atom. The van der Waals surface area contributed by atoms with Crippen molar-refractivity contribution in [3.05, 3.63) is 71.8 Å². The lowest BCUT2D eigenvalue weighted by Gasteiger charge is -2.35. The zero-order valence-electron chi connectivity index (χ0n) is 21.6. The lowest BCUT2D eigenvalue weighted by atomic mass is 9.94. The number of likely N-dealkylation sites (tertiary alicyclic amines) is 1. The van der Waals surface area contributed by atoms with Crippen molar-refractivity contribution >= 4 is 23.9 Å². The van der Waals surface area contributed by atoms with Crippen LogP contribution in [0.15, 0.2) is 60.7 Å². The number of nitrogens with one attached hydrogen (secondary N) is 2. The predicted molar refractivity (Wildman–Crippen MR) is 137 cm³/mol. The normalized spacial score (nSPS) is 17.3. The van der Waals surface area contributed by atoms with Crippen molar-refractivity contribution in [3.63, 3.8) is 0 Å². The van der Waals surface area contributed by atoms with Crippen LogP contribution in [0.2, 0.25) is 0 Å². The minimum absolute atomic E-state index is 0.0569. The van der Waals surface area contributed by atoms with Gasteiger partial charge in [-0.1, -0.05) is 67.6 Å². The fourth-order valence-electron chi connectivity index (χ4n) is 4.33. The first-order valence-corrected chi connectivity index (χ1v) is 12.5. The molecule has 3 atom stereocenters. The third-order valence-corrected chi connectivity index (χ3v) is 6.67. The molecular weight excluding hydrogens is 474 g/mol. The molecule has 0 unspecified atom stereocenters. The quantitative estimate of drug-likeness (QED) is 0.476. The number of alkyl carbamates (subject to hydrolysis) is 1. The van der Waals surface area contributed by atoms with Crippen molar-refractivity contribution in [2.45, 2.75) is 63.8 Å². The van der Waals surface area contributed by atoms with E-state index in [0.29, 0.717) is 25.8 Å². The van der Waals surface area contributed by atoms with Gasteiger partial charge in [-0.05, 0) is 37.3 Å². The van der Waals surface area contributed by atoms with Crippen LogP contribution >= 0.6 is 0 Å². The second-order valence-electron chi connectivity index (χ2n) is 9.30. The summed E-state index contributed by atoms with van der Waals surface area (Å²) in [5.41, 5.74) is 0.371. The molecule has 0 spiro atoms. The van der Waals surface area contributed by atoms with E-state index >= 15 is 0 Å². The molecule has 37 heavy (non-hydrogen) atoms. The van der Waals surface area contributed by atoms with Gasteiger partial charge in [0.25, 0.3) is 0 Å². The van der Waals surface area contributed by atoms with Crippen molar-refractivity contribution in [2.75, 3.05) is 13.7 Å². The molecule has 1 aliphatic heterocycles. The number of methoxy groups -OCH3 is 1. The van der Waals surface area contributed by atoms with Crippen molar-refractivity contribution < 1.29 is 28.7 Å². The van der Waals surface area contributed by atoms with Crippen molar-refractivity contribution in [2.24, 2.45) is 0 Å². The Kier molecular flexibility index (Phi) is 9.65. The van der Waals surface area contributed by atoms with Gasteiger partial charge in [-0.25, -0.2) is 9.59 Å². The van der Waals surface area contributed by atoms with Gasteiger partial charge >= 0.3 is 12.1 Å². The lowest BCUT2D eigenvalue weighted by Crippen LogP contribution is -2.62. The van der Waals surface area contributed by atoms with Gasteiger partial charge in [0.15, 0.2) is 0 Å². The van der Waals surface area contributed by atoms with Gasteiger partial charge in [0.05, 0.1) is 7.11 Å². The van der Waals surface area contributed by atoms with E-state index in [1.807, 2.05) is 60.7 Å². The van der Waals surface area contributed by atoms with Crippen LogP contribution in [0, 0.1) is 0 Å². The first-order chi connectivity index (χ1) is 17.8. The highest BCUT2D eigenvalue weighted by Crippen LogP contribution is 2.24. The van der Waals surface area contributed by atoms with Crippen molar-refractivity contribution in [3.8, 4) is 0 Å². The molecule has 0 aliphatic carbocycles. The average molecular weight is 510 g/mol. The smallest absolute Gasteiger partial charge is 0.408 e. The Bertz CT molecular complexity index is 1080. The molecule has 1 fully saturated rings. The van der Waals surface area contributed by atoms with Gasteiger partial charge in [0.2, 0.25) is 11.8 Å². The molecule has 1 aliphatic rings.